The lowest BCUT2D eigenvalue weighted by atomic mass is 10.1. The van der Waals surface area contributed by atoms with Gasteiger partial charge in [0.15, 0.2) is 0 Å². The van der Waals surface area contributed by atoms with E-state index in [1.807, 2.05) is 18.2 Å². The second-order valence-corrected chi connectivity index (χ2v) is 6.11. The summed E-state index contributed by atoms with van der Waals surface area (Å²) in [7, 11) is 1.69. The van der Waals surface area contributed by atoms with E-state index in [9.17, 15) is 0 Å². The third-order valence-electron chi connectivity index (χ3n) is 4.30. The van der Waals surface area contributed by atoms with Crippen molar-refractivity contribution in [2.75, 3.05) is 7.11 Å². The molecule has 2 heterocycles. The molecule has 0 fully saturated rings. The molecule has 0 amide bonds. The van der Waals surface area contributed by atoms with Gasteiger partial charge in [-0.05, 0) is 48.9 Å². The molecule has 4 rings (SSSR count). The second kappa shape index (κ2) is 6.40. The van der Waals surface area contributed by atoms with Gasteiger partial charge in [0.05, 0.1) is 12.6 Å². The van der Waals surface area contributed by atoms with Crippen LogP contribution in [-0.2, 0) is 6.42 Å². The van der Waals surface area contributed by atoms with Crippen LogP contribution >= 0.6 is 0 Å². The zero-order valence-corrected chi connectivity index (χ0v) is 14.3. The molecule has 0 spiro atoms. The van der Waals surface area contributed by atoms with Gasteiger partial charge in [0.2, 0.25) is 5.95 Å². The summed E-state index contributed by atoms with van der Waals surface area (Å²) >= 11 is 0. The number of fused-ring (bicyclic) bond motifs is 1. The number of methoxy groups -OCH3 is 1. The fourth-order valence-electron chi connectivity index (χ4n) is 3.16. The molecular formula is C21H19N3O. The summed E-state index contributed by atoms with van der Waals surface area (Å²) in [6, 6.07) is 18.7. The maximum absolute atomic E-state index is 5.35. The Morgan fingerprint density at radius 1 is 0.960 bits per heavy atom. The summed E-state index contributed by atoms with van der Waals surface area (Å²) in [5, 5.41) is 1.20. The van der Waals surface area contributed by atoms with E-state index in [-0.39, 0.29) is 0 Å². The van der Waals surface area contributed by atoms with Crippen LogP contribution < -0.4 is 4.74 Å². The molecule has 0 aliphatic carbocycles. The van der Waals surface area contributed by atoms with Crippen molar-refractivity contribution in [1.29, 1.82) is 0 Å². The van der Waals surface area contributed by atoms with Crippen molar-refractivity contribution in [2.45, 2.75) is 13.3 Å². The molecule has 0 atom stereocenters. The molecular weight excluding hydrogens is 310 g/mol. The minimum atomic E-state index is 0.694. The van der Waals surface area contributed by atoms with Gasteiger partial charge in [-0.3, -0.25) is 4.57 Å². The van der Waals surface area contributed by atoms with Gasteiger partial charge >= 0.3 is 0 Å². The Hall–Kier alpha value is -3.14. The van der Waals surface area contributed by atoms with E-state index < -0.39 is 0 Å². The fraction of sp³-hybridized carbons (Fsp3) is 0.143. The van der Waals surface area contributed by atoms with E-state index in [4.69, 9.17) is 4.74 Å². The van der Waals surface area contributed by atoms with Gasteiger partial charge in [-0.2, -0.15) is 0 Å². The number of aromatic nitrogens is 3. The average Bonchev–Trinajstić information content (AvgIpc) is 2.99. The highest BCUT2D eigenvalue weighted by atomic mass is 16.5. The predicted octanol–water partition coefficient (Wildman–Crippen LogP) is 4.33. The highest BCUT2D eigenvalue weighted by Crippen LogP contribution is 2.26. The van der Waals surface area contributed by atoms with Gasteiger partial charge in [0.1, 0.15) is 5.75 Å². The smallest absolute Gasteiger partial charge is 0.234 e. The lowest BCUT2D eigenvalue weighted by Gasteiger charge is -2.10. The first-order chi connectivity index (χ1) is 12.2. The molecule has 25 heavy (non-hydrogen) atoms. The lowest BCUT2D eigenvalue weighted by Crippen LogP contribution is -2.05. The van der Waals surface area contributed by atoms with Crippen LogP contribution in [0.25, 0.3) is 16.9 Å². The molecule has 4 nitrogen and oxygen atoms in total. The maximum atomic E-state index is 5.35. The first-order valence-electron chi connectivity index (χ1n) is 8.26. The SMILES string of the molecule is COc1cccc(Cc2cc3cc(C)ccc3n2-c2ncccn2)c1. The molecule has 4 heteroatoms. The molecule has 2 aromatic carbocycles. The number of hydrogen-bond donors (Lipinski definition) is 0. The minimum absolute atomic E-state index is 0.694. The lowest BCUT2D eigenvalue weighted by molar-refractivity contribution is 0.414. The fourth-order valence-corrected chi connectivity index (χ4v) is 3.16. The monoisotopic (exact) mass is 329 g/mol. The van der Waals surface area contributed by atoms with Crippen molar-refractivity contribution in [3.8, 4) is 11.7 Å². The molecule has 0 saturated heterocycles. The van der Waals surface area contributed by atoms with Crippen LogP contribution in [0.3, 0.4) is 0 Å². The zero-order valence-electron chi connectivity index (χ0n) is 14.3. The third kappa shape index (κ3) is 2.98. The van der Waals surface area contributed by atoms with Crippen LogP contribution in [0.5, 0.6) is 5.75 Å². The molecule has 0 bridgehead atoms. The summed E-state index contributed by atoms with van der Waals surface area (Å²) in [6.07, 6.45) is 4.33. The summed E-state index contributed by atoms with van der Waals surface area (Å²) in [5.41, 5.74) is 4.71. The number of ether oxygens (including phenoxy) is 1. The Labute approximate surface area is 146 Å². The largest absolute Gasteiger partial charge is 0.497 e. The van der Waals surface area contributed by atoms with E-state index in [2.05, 4.69) is 57.9 Å². The number of nitrogens with zero attached hydrogens (tertiary/aromatic N) is 3. The molecule has 0 aliphatic heterocycles. The van der Waals surface area contributed by atoms with Gasteiger partial charge < -0.3 is 4.74 Å². The maximum Gasteiger partial charge on any atom is 0.234 e. The van der Waals surface area contributed by atoms with Crippen molar-refractivity contribution >= 4 is 10.9 Å². The summed E-state index contributed by atoms with van der Waals surface area (Å²) in [5.74, 6) is 1.56. The summed E-state index contributed by atoms with van der Waals surface area (Å²) in [6.45, 7) is 2.11. The van der Waals surface area contributed by atoms with Crippen LogP contribution in [0.1, 0.15) is 16.8 Å². The van der Waals surface area contributed by atoms with Crippen molar-refractivity contribution in [3.63, 3.8) is 0 Å². The molecule has 4 aromatic rings. The van der Waals surface area contributed by atoms with Gasteiger partial charge in [-0.15, -0.1) is 0 Å². The van der Waals surface area contributed by atoms with Crippen molar-refractivity contribution in [3.05, 3.63) is 83.8 Å². The predicted molar refractivity (Wildman–Crippen MR) is 99.4 cm³/mol. The highest BCUT2D eigenvalue weighted by Gasteiger charge is 2.13. The molecule has 0 saturated carbocycles. The standard InChI is InChI=1S/C21H19N3O/c1-15-7-8-20-17(11-15)14-18(24(20)21-22-9-4-10-23-21)12-16-5-3-6-19(13-16)25-2/h3-11,13-14H,12H2,1-2H3. The number of aryl methyl sites for hydroxylation is 1. The summed E-state index contributed by atoms with van der Waals surface area (Å²) < 4.78 is 7.48. The van der Waals surface area contributed by atoms with E-state index in [1.165, 1.54) is 16.5 Å². The second-order valence-electron chi connectivity index (χ2n) is 6.11. The number of hydrogen-bond acceptors (Lipinski definition) is 3. The first-order valence-corrected chi connectivity index (χ1v) is 8.26. The third-order valence-corrected chi connectivity index (χ3v) is 4.30. The van der Waals surface area contributed by atoms with Gasteiger partial charge in [0, 0.05) is 29.9 Å². The molecule has 2 aromatic heterocycles. The van der Waals surface area contributed by atoms with Gasteiger partial charge in [0.25, 0.3) is 0 Å². The zero-order chi connectivity index (χ0) is 17.2. The van der Waals surface area contributed by atoms with E-state index in [1.54, 1.807) is 19.5 Å². The van der Waals surface area contributed by atoms with Crippen LogP contribution in [0, 0.1) is 6.92 Å². The molecule has 0 aliphatic rings. The Morgan fingerprint density at radius 2 is 1.80 bits per heavy atom. The van der Waals surface area contributed by atoms with Crippen molar-refractivity contribution in [2.24, 2.45) is 0 Å². The van der Waals surface area contributed by atoms with E-state index in [0.717, 1.165) is 23.4 Å². The molecule has 0 unspecified atom stereocenters. The number of rotatable bonds is 4. The Kier molecular flexibility index (Phi) is 3.94. The van der Waals surface area contributed by atoms with Crippen molar-refractivity contribution < 1.29 is 4.74 Å². The van der Waals surface area contributed by atoms with E-state index in [0.29, 0.717) is 5.95 Å². The molecule has 0 radical (unpaired) electrons. The van der Waals surface area contributed by atoms with Crippen LogP contribution in [0.15, 0.2) is 67.0 Å². The van der Waals surface area contributed by atoms with Gasteiger partial charge in [-0.1, -0.05) is 23.8 Å². The average molecular weight is 329 g/mol. The first kappa shape index (κ1) is 15.4. The Morgan fingerprint density at radius 3 is 2.60 bits per heavy atom. The normalized spacial score (nSPS) is 11.0. The van der Waals surface area contributed by atoms with Crippen LogP contribution in [0.4, 0.5) is 0 Å². The Bertz CT molecular complexity index is 1020. The minimum Gasteiger partial charge on any atom is -0.497 e. The Balaban J connectivity index is 1.87. The molecule has 124 valence electrons. The topological polar surface area (TPSA) is 39.9 Å². The highest BCUT2D eigenvalue weighted by molar-refractivity contribution is 5.83. The van der Waals surface area contributed by atoms with Gasteiger partial charge in [-0.25, -0.2) is 9.97 Å². The number of benzene rings is 2. The summed E-state index contributed by atoms with van der Waals surface area (Å²) in [4.78, 5) is 8.91. The van der Waals surface area contributed by atoms with Crippen molar-refractivity contribution in [1.82, 2.24) is 14.5 Å². The quantitative estimate of drug-likeness (QED) is 0.559. The van der Waals surface area contributed by atoms with Crippen LogP contribution in [0.2, 0.25) is 0 Å². The van der Waals surface area contributed by atoms with Crippen LogP contribution in [-0.4, -0.2) is 21.6 Å². The molecule has 0 N–H and O–H groups in total. The van der Waals surface area contributed by atoms with E-state index >= 15 is 0 Å².